The highest BCUT2D eigenvalue weighted by Gasteiger charge is 2.42. The number of fused-ring (bicyclic) bond motifs is 1. The minimum Gasteiger partial charge on any atom is -0.390 e. The molecule has 0 amide bonds. The number of aromatic amines is 1. The lowest BCUT2D eigenvalue weighted by Gasteiger charge is -2.46. The number of benzene rings is 1. The summed E-state index contributed by atoms with van der Waals surface area (Å²) in [7, 11) is 0. The van der Waals surface area contributed by atoms with E-state index < -0.39 is 12.2 Å². The second-order valence-corrected chi connectivity index (χ2v) is 8.22. The summed E-state index contributed by atoms with van der Waals surface area (Å²) in [5.74, 6) is 0. The van der Waals surface area contributed by atoms with Gasteiger partial charge in [-0.2, -0.15) is 0 Å². The second kappa shape index (κ2) is 7.02. The van der Waals surface area contributed by atoms with Gasteiger partial charge < -0.3 is 19.9 Å². The number of aliphatic hydroxyl groups excluding tert-OH is 2. The van der Waals surface area contributed by atoms with E-state index in [0.29, 0.717) is 13.0 Å². The first-order valence-corrected chi connectivity index (χ1v) is 9.71. The van der Waals surface area contributed by atoms with Crippen molar-refractivity contribution in [2.75, 3.05) is 19.7 Å². The molecule has 27 heavy (non-hydrogen) atoms. The normalized spacial score (nSPS) is 25.9. The summed E-state index contributed by atoms with van der Waals surface area (Å²) in [5, 5.41) is 20.4. The number of rotatable bonds is 2. The summed E-state index contributed by atoms with van der Waals surface area (Å²) in [6.07, 6.45) is 0.670. The summed E-state index contributed by atoms with van der Waals surface area (Å²) in [4.78, 5) is 18.4. The molecular weight excluding hydrogens is 344 g/mol. The van der Waals surface area contributed by atoms with Crippen molar-refractivity contribution >= 4 is 10.9 Å². The first kappa shape index (κ1) is 18.6. The highest BCUT2D eigenvalue weighted by Crippen LogP contribution is 2.35. The van der Waals surface area contributed by atoms with Gasteiger partial charge in [-0.15, -0.1) is 0 Å². The third-order valence-corrected chi connectivity index (χ3v) is 6.21. The van der Waals surface area contributed by atoms with Crippen molar-refractivity contribution in [3.63, 3.8) is 0 Å². The highest BCUT2D eigenvalue weighted by atomic mass is 16.5. The Morgan fingerprint density at radius 3 is 2.59 bits per heavy atom. The lowest BCUT2D eigenvalue weighted by molar-refractivity contribution is -0.188. The van der Waals surface area contributed by atoms with E-state index in [-0.39, 0.29) is 17.6 Å². The Morgan fingerprint density at radius 1 is 1.19 bits per heavy atom. The molecule has 2 atom stereocenters. The van der Waals surface area contributed by atoms with Crippen LogP contribution in [0.3, 0.4) is 0 Å². The minimum atomic E-state index is -0.775. The molecule has 2 fully saturated rings. The van der Waals surface area contributed by atoms with Gasteiger partial charge in [-0.3, -0.25) is 9.69 Å². The van der Waals surface area contributed by atoms with E-state index in [0.717, 1.165) is 53.7 Å². The predicted molar refractivity (Wildman–Crippen MR) is 104 cm³/mol. The van der Waals surface area contributed by atoms with Crippen molar-refractivity contribution < 1.29 is 14.9 Å². The third-order valence-electron chi connectivity index (χ3n) is 6.21. The second-order valence-electron chi connectivity index (χ2n) is 8.22. The van der Waals surface area contributed by atoms with Crippen LogP contribution in [0.1, 0.15) is 36.1 Å². The monoisotopic (exact) mass is 372 g/mol. The molecule has 0 bridgehead atoms. The summed E-state index contributed by atoms with van der Waals surface area (Å²) < 4.78 is 5.90. The molecule has 1 aromatic carbocycles. The van der Waals surface area contributed by atoms with Crippen LogP contribution in [0.4, 0.5) is 0 Å². The van der Waals surface area contributed by atoms with E-state index in [1.807, 2.05) is 26.0 Å². The Hall–Kier alpha value is -1.73. The van der Waals surface area contributed by atoms with Crippen molar-refractivity contribution in [3.8, 4) is 0 Å². The smallest absolute Gasteiger partial charge is 0.189 e. The molecule has 2 aromatic rings. The summed E-state index contributed by atoms with van der Waals surface area (Å²) >= 11 is 0. The molecule has 1 spiro atoms. The zero-order chi connectivity index (χ0) is 19.2. The van der Waals surface area contributed by atoms with Crippen molar-refractivity contribution in [3.05, 3.63) is 45.2 Å². The standard InChI is InChI=1S/C21H28N2O4/c1-13-3-4-14(2)20-19(13)16(24)9-15(22-20)11-23-7-5-21(6-8-23)10-17(25)18(26)12-27-21/h3-4,9,17-18,25-26H,5-8,10-12H2,1-2H3,(H,22,24)/t17-,18+/m1/s1. The van der Waals surface area contributed by atoms with Gasteiger partial charge in [-0.25, -0.2) is 0 Å². The molecule has 6 nitrogen and oxygen atoms in total. The number of piperidine rings is 1. The quantitative estimate of drug-likeness (QED) is 0.746. The van der Waals surface area contributed by atoms with E-state index in [9.17, 15) is 15.0 Å². The van der Waals surface area contributed by atoms with Crippen molar-refractivity contribution in [2.24, 2.45) is 0 Å². The fraction of sp³-hybridized carbons (Fsp3) is 0.571. The van der Waals surface area contributed by atoms with Gasteiger partial charge >= 0.3 is 0 Å². The van der Waals surface area contributed by atoms with Gasteiger partial charge in [-0.05, 0) is 37.8 Å². The number of likely N-dealkylation sites (tertiary alicyclic amines) is 1. The molecule has 6 heteroatoms. The summed E-state index contributed by atoms with van der Waals surface area (Å²) in [6, 6.07) is 5.75. The largest absolute Gasteiger partial charge is 0.390 e. The lowest BCUT2D eigenvalue weighted by Crippen LogP contribution is -2.54. The van der Waals surface area contributed by atoms with Crippen molar-refractivity contribution in [1.82, 2.24) is 9.88 Å². The van der Waals surface area contributed by atoms with Crippen molar-refractivity contribution in [1.29, 1.82) is 0 Å². The maximum Gasteiger partial charge on any atom is 0.189 e. The third kappa shape index (κ3) is 3.55. The molecular formula is C21H28N2O4. The number of H-pyrrole nitrogens is 1. The molecule has 2 aliphatic heterocycles. The Labute approximate surface area is 158 Å². The van der Waals surface area contributed by atoms with Gasteiger partial charge in [0.2, 0.25) is 0 Å². The molecule has 0 radical (unpaired) electrons. The van der Waals surface area contributed by atoms with E-state index in [2.05, 4.69) is 9.88 Å². The molecule has 1 aromatic heterocycles. The SMILES string of the molecule is Cc1ccc(C)c2c(=O)cc(CN3CCC4(CC3)C[C@@H](O)[C@@H](O)CO4)[nH]c12. The average molecular weight is 372 g/mol. The van der Waals surface area contributed by atoms with Gasteiger partial charge in [0.15, 0.2) is 5.43 Å². The van der Waals surface area contributed by atoms with E-state index >= 15 is 0 Å². The van der Waals surface area contributed by atoms with Gasteiger partial charge in [0.05, 0.1) is 23.8 Å². The van der Waals surface area contributed by atoms with Gasteiger partial charge in [0, 0.05) is 43.2 Å². The summed E-state index contributed by atoms with van der Waals surface area (Å²) in [6.45, 7) is 6.57. The minimum absolute atomic E-state index is 0.0705. The van der Waals surface area contributed by atoms with Crippen LogP contribution in [0.25, 0.3) is 10.9 Å². The maximum atomic E-state index is 12.6. The molecule has 2 saturated heterocycles. The molecule has 4 rings (SSSR count). The van der Waals surface area contributed by atoms with Gasteiger partial charge in [0.1, 0.15) is 6.10 Å². The van der Waals surface area contributed by atoms with Gasteiger partial charge in [-0.1, -0.05) is 12.1 Å². The van der Waals surface area contributed by atoms with Crippen LogP contribution in [0.2, 0.25) is 0 Å². The van der Waals surface area contributed by atoms with Crippen LogP contribution in [-0.2, 0) is 11.3 Å². The fourth-order valence-electron chi connectivity index (χ4n) is 4.46. The number of aryl methyl sites for hydroxylation is 2. The van der Waals surface area contributed by atoms with Crippen LogP contribution in [0.15, 0.2) is 23.0 Å². The number of hydrogen-bond acceptors (Lipinski definition) is 5. The Balaban J connectivity index is 1.48. The van der Waals surface area contributed by atoms with Gasteiger partial charge in [0.25, 0.3) is 0 Å². The van der Waals surface area contributed by atoms with Crippen LogP contribution in [-0.4, -0.2) is 57.6 Å². The number of hydrogen-bond donors (Lipinski definition) is 3. The highest BCUT2D eigenvalue weighted by molar-refractivity contribution is 5.84. The number of aliphatic hydroxyl groups is 2. The molecule has 0 aliphatic carbocycles. The van der Waals surface area contributed by atoms with E-state index in [1.165, 1.54) is 0 Å². The number of ether oxygens (including phenoxy) is 1. The van der Waals surface area contributed by atoms with Crippen molar-refractivity contribution in [2.45, 2.75) is 57.5 Å². The fourth-order valence-corrected chi connectivity index (χ4v) is 4.46. The molecule has 2 aliphatic rings. The maximum absolute atomic E-state index is 12.6. The molecule has 146 valence electrons. The van der Waals surface area contributed by atoms with Crippen LogP contribution >= 0.6 is 0 Å². The number of aromatic nitrogens is 1. The number of nitrogens with one attached hydrogen (secondary N) is 1. The first-order valence-electron chi connectivity index (χ1n) is 9.71. The number of pyridine rings is 1. The Kier molecular flexibility index (Phi) is 4.84. The van der Waals surface area contributed by atoms with E-state index in [1.54, 1.807) is 6.07 Å². The molecule has 0 unspecified atom stereocenters. The summed E-state index contributed by atoms with van der Waals surface area (Å²) in [5.41, 5.74) is 3.69. The number of nitrogens with zero attached hydrogens (tertiary/aromatic N) is 1. The molecule has 0 saturated carbocycles. The molecule has 3 N–H and O–H groups in total. The topological polar surface area (TPSA) is 85.8 Å². The van der Waals surface area contributed by atoms with Crippen LogP contribution < -0.4 is 5.43 Å². The zero-order valence-electron chi connectivity index (χ0n) is 16.0. The first-order chi connectivity index (χ1) is 12.9. The zero-order valence-corrected chi connectivity index (χ0v) is 16.0. The van der Waals surface area contributed by atoms with E-state index in [4.69, 9.17) is 4.74 Å². The van der Waals surface area contributed by atoms with Crippen LogP contribution in [0, 0.1) is 13.8 Å². The Bertz CT molecular complexity index is 899. The van der Waals surface area contributed by atoms with Crippen LogP contribution in [0.5, 0.6) is 0 Å². The predicted octanol–water partition coefficient (Wildman–Crippen LogP) is 1.62. The average Bonchev–Trinajstić information content (AvgIpc) is 2.64. The molecule has 3 heterocycles. The lowest BCUT2D eigenvalue weighted by atomic mass is 9.82. The Morgan fingerprint density at radius 2 is 1.89 bits per heavy atom.